The summed E-state index contributed by atoms with van der Waals surface area (Å²) in [6.45, 7) is 0. The van der Waals surface area contributed by atoms with Gasteiger partial charge in [-0.1, -0.05) is 30.7 Å². The molecule has 0 atom stereocenters. The maximum Gasteiger partial charge on any atom is 0.220 e. The summed E-state index contributed by atoms with van der Waals surface area (Å²) < 4.78 is 0. The highest BCUT2D eigenvalue weighted by atomic mass is 15.0. The molecule has 3 nitrogen and oxygen atoms in total. The number of hydrogen-bond acceptors (Lipinski definition) is 3. The van der Waals surface area contributed by atoms with Gasteiger partial charge in [0.05, 0.1) is 5.69 Å². The molecule has 1 aromatic carbocycles. The van der Waals surface area contributed by atoms with Crippen LogP contribution in [0.5, 0.6) is 0 Å². The molecule has 0 amide bonds. The van der Waals surface area contributed by atoms with Crippen LogP contribution < -0.4 is 5.73 Å². The quantitative estimate of drug-likeness (QED) is 0.854. The summed E-state index contributed by atoms with van der Waals surface area (Å²) in [6, 6.07) is 10.5. The minimum Gasteiger partial charge on any atom is -0.368 e. The molecule has 0 spiro atoms. The van der Waals surface area contributed by atoms with Crippen LogP contribution in [0.4, 0.5) is 5.95 Å². The van der Waals surface area contributed by atoms with Crippen molar-refractivity contribution in [3.8, 4) is 11.3 Å². The normalized spacial score (nSPS) is 15.5. The van der Waals surface area contributed by atoms with E-state index in [-0.39, 0.29) is 0 Å². The Morgan fingerprint density at radius 2 is 1.82 bits per heavy atom. The molecule has 0 bridgehead atoms. The fourth-order valence-corrected chi connectivity index (χ4v) is 2.20. The minimum atomic E-state index is 0.325. The zero-order valence-corrected chi connectivity index (χ0v) is 9.63. The highest BCUT2D eigenvalue weighted by Crippen LogP contribution is 2.36. The lowest BCUT2D eigenvalue weighted by Gasteiger charge is -2.25. The highest BCUT2D eigenvalue weighted by molar-refractivity contribution is 5.60. The molecular formula is C14H15N3. The van der Waals surface area contributed by atoms with Gasteiger partial charge in [-0.05, 0) is 30.4 Å². The van der Waals surface area contributed by atoms with Crippen LogP contribution in [0.1, 0.15) is 30.7 Å². The van der Waals surface area contributed by atoms with E-state index >= 15 is 0 Å². The van der Waals surface area contributed by atoms with Crippen LogP contribution in [0.2, 0.25) is 0 Å². The van der Waals surface area contributed by atoms with Crippen LogP contribution >= 0.6 is 0 Å². The van der Waals surface area contributed by atoms with Crippen molar-refractivity contribution in [1.29, 1.82) is 0 Å². The largest absolute Gasteiger partial charge is 0.368 e. The summed E-state index contributed by atoms with van der Waals surface area (Å²) in [4.78, 5) is 8.12. The van der Waals surface area contributed by atoms with Crippen molar-refractivity contribution in [2.24, 2.45) is 0 Å². The number of hydrogen-bond donors (Lipinski definition) is 1. The van der Waals surface area contributed by atoms with E-state index in [1.54, 1.807) is 6.20 Å². The third kappa shape index (κ3) is 2.00. The molecule has 0 saturated heterocycles. The minimum absolute atomic E-state index is 0.325. The number of nitrogen functional groups attached to an aromatic ring is 1. The Labute approximate surface area is 101 Å². The van der Waals surface area contributed by atoms with Gasteiger partial charge in [0.2, 0.25) is 5.95 Å². The Balaban J connectivity index is 1.88. The van der Waals surface area contributed by atoms with E-state index < -0.39 is 0 Å². The summed E-state index contributed by atoms with van der Waals surface area (Å²) in [5.74, 6) is 1.10. The number of nitrogens with zero attached hydrogens (tertiary/aromatic N) is 2. The standard InChI is InChI=1S/C14H15N3/c15-14-16-9-8-13(17-14)12-6-4-11(5-7-12)10-2-1-3-10/h4-10H,1-3H2,(H2,15,16,17). The van der Waals surface area contributed by atoms with E-state index in [0.29, 0.717) is 5.95 Å². The first-order valence-corrected chi connectivity index (χ1v) is 6.02. The van der Waals surface area contributed by atoms with Crippen LogP contribution in [0.3, 0.4) is 0 Å². The molecule has 0 radical (unpaired) electrons. The van der Waals surface area contributed by atoms with Crippen LogP contribution in [0.15, 0.2) is 36.5 Å². The molecule has 1 saturated carbocycles. The first-order chi connectivity index (χ1) is 8.33. The van der Waals surface area contributed by atoms with Crippen molar-refractivity contribution in [2.45, 2.75) is 25.2 Å². The molecule has 1 fully saturated rings. The van der Waals surface area contributed by atoms with Crippen molar-refractivity contribution in [1.82, 2.24) is 9.97 Å². The van der Waals surface area contributed by atoms with E-state index in [1.807, 2.05) is 6.07 Å². The molecule has 2 aromatic rings. The summed E-state index contributed by atoms with van der Waals surface area (Å²) in [7, 11) is 0. The molecule has 0 aliphatic heterocycles. The summed E-state index contributed by atoms with van der Waals surface area (Å²) in [6.07, 6.45) is 5.73. The lowest BCUT2D eigenvalue weighted by molar-refractivity contribution is 0.420. The number of benzene rings is 1. The zero-order chi connectivity index (χ0) is 11.7. The van der Waals surface area contributed by atoms with Gasteiger partial charge < -0.3 is 5.73 Å². The van der Waals surface area contributed by atoms with Crippen molar-refractivity contribution in [3.05, 3.63) is 42.1 Å². The van der Waals surface area contributed by atoms with Crippen molar-refractivity contribution < 1.29 is 0 Å². The van der Waals surface area contributed by atoms with E-state index in [0.717, 1.165) is 17.2 Å². The maximum absolute atomic E-state index is 5.58. The zero-order valence-electron chi connectivity index (χ0n) is 9.63. The Morgan fingerprint density at radius 3 is 2.41 bits per heavy atom. The fraction of sp³-hybridized carbons (Fsp3) is 0.286. The molecule has 1 aromatic heterocycles. The summed E-state index contributed by atoms with van der Waals surface area (Å²) in [5.41, 5.74) is 9.01. The second-order valence-corrected chi connectivity index (χ2v) is 4.55. The molecule has 0 unspecified atom stereocenters. The number of rotatable bonds is 2. The van der Waals surface area contributed by atoms with Crippen LogP contribution in [0.25, 0.3) is 11.3 Å². The van der Waals surface area contributed by atoms with Crippen LogP contribution in [-0.2, 0) is 0 Å². The third-order valence-corrected chi connectivity index (χ3v) is 3.46. The number of anilines is 1. The monoisotopic (exact) mass is 225 g/mol. The Morgan fingerprint density at radius 1 is 1.06 bits per heavy atom. The second-order valence-electron chi connectivity index (χ2n) is 4.55. The fourth-order valence-electron chi connectivity index (χ4n) is 2.20. The molecule has 86 valence electrons. The van der Waals surface area contributed by atoms with E-state index in [1.165, 1.54) is 24.8 Å². The highest BCUT2D eigenvalue weighted by Gasteiger charge is 2.18. The van der Waals surface area contributed by atoms with Crippen LogP contribution in [0, 0.1) is 0 Å². The summed E-state index contributed by atoms with van der Waals surface area (Å²) >= 11 is 0. The van der Waals surface area contributed by atoms with Gasteiger partial charge in [-0.3, -0.25) is 0 Å². The number of nitrogens with two attached hydrogens (primary N) is 1. The van der Waals surface area contributed by atoms with Gasteiger partial charge in [0.1, 0.15) is 0 Å². The van der Waals surface area contributed by atoms with E-state index in [9.17, 15) is 0 Å². The van der Waals surface area contributed by atoms with Gasteiger partial charge in [0, 0.05) is 11.8 Å². The molecule has 1 heterocycles. The maximum atomic E-state index is 5.58. The second kappa shape index (κ2) is 4.17. The number of aromatic nitrogens is 2. The Bertz CT molecular complexity index is 515. The summed E-state index contributed by atoms with van der Waals surface area (Å²) in [5, 5.41) is 0. The first kappa shape index (κ1) is 10.3. The van der Waals surface area contributed by atoms with Crippen molar-refractivity contribution >= 4 is 5.95 Å². The van der Waals surface area contributed by atoms with E-state index in [4.69, 9.17) is 5.73 Å². The molecule has 2 N–H and O–H groups in total. The molecule has 3 heteroatoms. The average Bonchev–Trinajstić information content (AvgIpc) is 2.28. The Hall–Kier alpha value is -1.90. The Kier molecular flexibility index (Phi) is 2.52. The molecule has 3 rings (SSSR count). The average molecular weight is 225 g/mol. The SMILES string of the molecule is Nc1nccc(-c2ccc(C3CCC3)cc2)n1. The van der Waals surface area contributed by atoms with Gasteiger partial charge in [-0.25, -0.2) is 9.97 Å². The smallest absolute Gasteiger partial charge is 0.220 e. The van der Waals surface area contributed by atoms with Gasteiger partial charge in [0.15, 0.2) is 0 Å². The topological polar surface area (TPSA) is 51.8 Å². The van der Waals surface area contributed by atoms with Crippen LogP contribution in [-0.4, -0.2) is 9.97 Å². The third-order valence-electron chi connectivity index (χ3n) is 3.46. The predicted octanol–water partition coefficient (Wildman–Crippen LogP) is 2.99. The van der Waals surface area contributed by atoms with Gasteiger partial charge in [-0.2, -0.15) is 0 Å². The first-order valence-electron chi connectivity index (χ1n) is 6.02. The molecule has 1 aliphatic rings. The molecule has 17 heavy (non-hydrogen) atoms. The molecular weight excluding hydrogens is 210 g/mol. The van der Waals surface area contributed by atoms with Gasteiger partial charge in [-0.15, -0.1) is 0 Å². The lowest BCUT2D eigenvalue weighted by atomic mass is 9.80. The van der Waals surface area contributed by atoms with Crippen molar-refractivity contribution in [3.63, 3.8) is 0 Å². The van der Waals surface area contributed by atoms with Gasteiger partial charge in [0.25, 0.3) is 0 Å². The van der Waals surface area contributed by atoms with Gasteiger partial charge >= 0.3 is 0 Å². The predicted molar refractivity (Wildman–Crippen MR) is 68.5 cm³/mol. The van der Waals surface area contributed by atoms with Crippen molar-refractivity contribution in [2.75, 3.05) is 5.73 Å². The molecule has 1 aliphatic carbocycles. The lowest BCUT2D eigenvalue weighted by Crippen LogP contribution is -2.08. The van der Waals surface area contributed by atoms with E-state index in [2.05, 4.69) is 34.2 Å².